The first-order valence-corrected chi connectivity index (χ1v) is 12.6. The Bertz CT molecular complexity index is 958. The van der Waals surface area contributed by atoms with Crippen molar-refractivity contribution in [2.24, 2.45) is 23.7 Å². The van der Waals surface area contributed by atoms with Crippen LogP contribution in [0, 0.1) is 29.5 Å². The lowest BCUT2D eigenvalue weighted by molar-refractivity contribution is -0.576. The van der Waals surface area contributed by atoms with Gasteiger partial charge in [0.1, 0.15) is 5.82 Å². The molecule has 0 radical (unpaired) electrons. The maximum atomic E-state index is 13.0. The third-order valence-electron chi connectivity index (χ3n) is 8.30. The van der Waals surface area contributed by atoms with Crippen molar-refractivity contribution in [3.8, 4) is 0 Å². The molecule has 8 atom stereocenters. The van der Waals surface area contributed by atoms with Crippen molar-refractivity contribution in [2.45, 2.75) is 89.8 Å². The Balaban J connectivity index is 1.19. The molecule has 1 aromatic rings. The van der Waals surface area contributed by atoms with E-state index in [0.717, 1.165) is 24.8 Å². The van der Waals surface area contributed by atoms with E-state index >= 15 is 0 Å². The lowest BCUT2D eigenvalue weighted by Gasteiger charge is -2.59. The minimum atomic E-state index is -0.894. The van der Waals surface area contributed by atoms with Crippen LogP contribution in [-0.2, 0) is 40.1 Å². The smallest absolute Gasteiger partial charge is 0.308 e. The molecule has 6 rings (SSSR count). The molecular formula is C26H34FNO7. The number of benzene rings is 1. The first kappa shape index (κ1) is 24.6. The van der Waals surface area contributed by atoms with Crippen molar-refractivity contribution >= 4 is 11.9 Å². The van der Waals surface area contributed by atoms with E-state index in [9.17, 15) is 14.0 Å². The average molecular weight is 492 g/mol. The molecule has 4 aliphatic heterocycles. The van der Waals surface area contributed by atoms with Gasteiger partial charge in [-0.3, -0.25) is 9.59 Å². The van der Waals surface area contributed by atoms with Gasteiger partial charge < -0.3 is 19.5 Å². The van der Waals surface area contributed by atoms with Crippen molar-refractivity contribution in [1.29, 1.82) is 0 Å². The summed E-state index contributed by atoms with van der Waals surface area (Å²) in [7, 11) is 0. The van der Waals surface area contributed by atoms with Gasteiger partial charge in [-0.25, -0.2) is 14.2 Å². The van der Waals surface area contributed by atoms with E-state index in [2.05, 4.69) is 12.2 Å². The molecule has 192 valence electrons. The molecule has 4 saturated heterocycles. The van der Waals surface area contributed by atoms with Gasteiger partial charge in [-0.05, 0) is 55.7 Å². The molecule has 1 spiro atoms. The Morgan fingerprint density at radius 1 is 1.09 bits per heavy atom. The number of amides is 1. The Morgan fingerprint density at radius 2 is 1.86 bits per heavy atom. The average Bonchev–Trinajstić information content (AvgIpc) is 3.06. The SMILES string of the molecule is C[C@H]1[C@H](OC(=O)CCC(=O)NCc2ccc(F)cc2)O[C@@H]2OC3(C)CC[C@H]4[C@H](C)CC[C@@H]1C24OO3. The number of carbonyl (C=O) groups is 2. The predicted molar refractivity (Wildman–Crippen MR) is 120 cm³/mol. The number of nitrogens with one attached hydrogen (secondary N) is 1. The largest absolute Gasteiger partial charge is 0.435 e. The molecule has 5 fully saturated rings. The molecule has 2 unspecified atom stereocenters. The van der Waals surface area contributed by atoms with Gasteiger partial charge in [-0.2, -0.15) is 0 Å². The molecule has 5 aliphatic rings. The summed E-state index contributed by atoms with van der Waals surface area (Å²) in [5.74, 6) is -1.39. The zero-order chi connectivity index (χ0) is 24.8. The van der Waals surface area contributed by atoms with E-state index in [1.165, 1.54) is 12.1 Å². The quantitative estimate of drug-likeness (QED) is 0.475. The first-order chi connectivity index (χ1) is 16.7. The summed E-state index contributed by atoms with van der Waals surface area (Å²) in [6, 6.07) is 5.88. The Hall–Kier alpha value is -2.07. The Labute approximate surface area is 204 Å². The van der Waals surface area contributed by atoms with Crippen LogP contribution < -0.4 is 5.32 Å². The fourth-order valence-electron chi connectivity index (χ4n) is 6.30. The molecule has 4 heterocycles. The van der Waals surface area contributed by atoms with E-state index in [1.807, 2.05) is 13.8 Å². The van der Waals surface area contributed by atoms with Crippen molar-refractivity contribution in [1.82, 2.24) is 5.32 Å². The topological polar surface area (TPSA) is 92.3 Å². The van der Waals surface area contributed by atoms with E-state index < -0.39 is 29.9 Å². The van der Waals surface area contributed by atoms with Crippen molar-refractivity contribution in [3.63, 3.8) is 0 Å². The van der Waals surface area contributed by atoms with Gasteiger partial charge in [0.25, 0.3) is 0 Å². The lowest BCUT2D eigenvalue weighted by Crippen LogP contribution is -2.70. The summed E-state index contributed by atoms with van der Waals surface area (Å²) in [6.07, 6.45) is 2.05. The van der Waals surface area contributed by atoms with Crippen LogP contribution in [0.4, 0.5) is 4.39 Å². The molecular weight excluding hydrogens is 457 g/mol. The molecule has 1 N–H and O–H groups in total. The van der Waals surface area contributed by atoms with Crippen LogP contribution >= 0.6 is 0 Å². The van der Waals surface area contributed by atoms with Gasteiger partial charge >= 0.3 is 5.97 Å². The number of esters is 1. The van der Waals surface area contributed by atoms with Gasteiger partial charge in [-0.1, -0.05) is 26.0 Å². The number of fused-ring (bicyclic) bond motifs is 2. The lowest BCUT2D eigenvalue weighted by atomic mass is 9.58. The van der Waals surface area contributed by atoms with E-state index in [4.69, 9.17) is 24.0 Å². The number of ether oxygens (including phenoxy) is 3. The fourth-order valence-corrected chi connectivity index (χ4v) is 6.30. The van der Waals surface area contributed by atoms with Crippen molar-refractivity contribution in [3.05, 3.63) is 35.6 Å². The summed E-state index contributed by atoms with van der Waals surface area (Å²) in [5, 5.41) is 2.73. The number of halogens is 1. The third-order valence-corrected chi connectivity index (χ3v) is 8.30. The fraction of sp³-hybridized carbons (Fsp3) is 0.692. The highest BCUT2D eigenvalue weighted by molar-refractivity contribution is 5.81. The number of rotatable bonds is 6. The molecule has 1 aliphatic carbocycles. The molecule has 35 heavy (non-hydrogen) atoms. The summed E-state index contributed by atoms with van der Waals surface area (Å²) in [5.41, 5.74) is 0.0642. The molecule has 0 aromatic heterocycles. The molecule has 8 nitrogen and oxygen atoms in total. The van der Waals surface area contributed by atoms with Gasteiger partial charge in [0.2, 0.25) is 18.0 Å². The zero-order valence-corrected chi connectivity index (χ0v) is 20.5. The van der Waals surface area contributed by atoms with Crippen LogP contribution in [-0.4, -0.2) is 35.8 Å². The van der Waals surface area contributed by atoms with Crippen LogP contribution in [0.15, 0.2) is 24.3 Å². The maximum Gasteiger partial charge on any atom is 0.308 e. The van der Waals surface area contributed by atoms with E-state index in [-0.39, 0.29) is 48.9 Å². The minimum Gasteiger partial charge on any atom is -0.435 e. The number of carbonyl (C=O) groups excluding carboxylic acids is 2. The summed E-state index contributed by atoms with van der Waals surface area (Å²) >= 11 is 0. The van der Waals surface area contributed by atoms with Crippen LogP contribution in [0.2, 0.25) is 0 Å². The first-order valence-electron chi connectivity index (χ1n) is 12.6. The third kappa shape index (κ3) is 4.59. The summed E-state index contributed by atoms with van der Waals surface area (Å²) in [4.78, 5) is 36.7. The summed E-state index contributed by atoms with van der Waals surface area (Å²) < 4.78 is 31.2. The normalized spacial score (nSPS) is 39.9. The number of hydrogen-bond donors (Lipinski definition) is 1. The van der Waals surface area contributed by atoms with Gasteiger partial charge in [0.05, 0.1) is 6.42 Å². The minimum absolute atomic E-state index is 0.0109. The molecule has 1 aromatic carbocycles. The standard InChI is InChI=1S/C26H34FNO7/c1-15-4-9-20-16(2)23(32-24-26(20)19(15)12-13-25(3,33-24)34-35-26)31-22(30)11-10-21(29)28-14-17-5-7-18(27)8-6-17/h5-8,15-16,19-20,23-24H,4,9-14H2,1-3H3,(H,28,29)/t15-,16-,19+,20+,23-,24-,25?,26?/m1/s1. The van der Waals surface area contributed by atoms with Gasteiger partial charge in [0.15, 0.2) is 11.9 Å². The Morgan fingerprint density at radius 3 is 2.63 bits per heavy atom. The van der Waals surface area contributed by atoms with Gasteiger partial charge in [0, 0.05) is 31.2 Å². The van der Waals surface area contributed by atoms with Crippen molar-refractivity contribution < 1.29 is 38.0 Å². The highest BCUT2D eigenvalue weighted by atomic mass is 19.1. The zero-order valence-electron chi connectivity index (χ0n) is 20.5. The highest BCUT2D eigenvalue weighted by Crippen LogP contribution is 2.60. The van der Waals surface area contributed by atoms with Crippen LogP contribution in [0.1, 0.15) is 64.9 Å². The summed E-state index contributed by atoms with van der Waals surface area (Å²) in [6.45, 7) is 6.37. The molecule has 9 heteroatoms. The second-order valence-electron chi connectivity index (χ2n) is 10.7. The Kier molecular flexibility index (Phi) is 6.63. The predicted octanol–water partition coefficient (Wildman–Crippen LogP) is 3.97. The van der Waals surface area contributed by atoms with Crippen molar-refractivity contribution in [2.75, 3.05) is 0 Å². The molecule has 2 bridgehead atoms. The monoisotopic (exact) mass is 491 g/mol. The highest BCUT2D eigenvalue weighted by Gasteiger charge is 2.69. The second-order valence-corrected chi connectivity index (χ2v) is 10.7. The van der Waals surface area contributed by atoms with Crippen LogP contribution in [0.25, 0.3) is 0 Å². The van der Waals surface area contributed by atoms with E-state index in [1.54, 1.807) is 12.1 Å². The van der Waals surface area contributed by atoms with Crippen LogP contribution in [0.3, 0.4) is 0 Å². The van der Waals surface area contributed by atoms with E-state index in [0.29, 0.717) is 12.3 Å². The second kappa shape index (κ2) is 9.42. The molecule has 1 saturated carbocycles. The number of hydrogen-bond acceptors (Lipinski definition) is 7. The maximum absolute atomic E-state index is 13.0. The van der Waals surface area contributed by atoms with Gasteiger partial charge in [-0.15, -0.1) is 0 Å². The van der Waals surface area contributed by atoms with Crippen LogP contribution in [0.5, 0.6) is 0 Å². The molecule has 1 amide bonds.